The second-order valence-electron chi connectivity index (χ2n) is 8.10. The Morgan fingerprint density at radius 1 is 0.903 bits per heavy atom. The Kier molecular flexibility index (Phi) is 6.82. The first-order valence-corrected chi connectivity index (χ1v) is 10.9. The van der Waals surface area contributed by atoms with E-state index >= 15 is 0 Å². The molecule has 0 N–H and O–H groups in total. The summed E-state index contributed by atoms with van der Waals surface area (Å²) in [6.45, 7) is 3.43. The lowest BCUT2D eigenvalue weighted by Crippen LogP contribution is -2.50. The summed E-state index contributed by atoms with van der Waals surface area (Å²) in [4.78, 5) is 33.5. The summed E-state index contributed by atoms with van der Waals surface area (Å²) in [6, 6.07) is 11.2. The molecule has 2 fully saturated rings. The minimum Gasteiger partial charge on any atom is -0.490 e. The van der Waals surface area contributed by atoms with Crippen LogP contribution in [0.25, 0.3) is 0 Å². The highest BCUT2D eigenvalue weighted by atomic mass is 16.5. The molecular weight excluding hydrogens is 394 g/mol. The van der Waals surface area contributed by atoms with Crippen LogP contribution in [0.2, 0.25) is 0 Å². The van der Waals surface area contributed by atoms with Crippen molar-refractivity contribution in [2.24, 2.45) is 0 Å². The topological polar surface area (TPSA) is 72.0 Å². The monoisotopic (exact) mass is 423 g/mol. The van der Waals surface area contributed by atoms with E-state index in [9.17, 15) is 9.59 Å². The minimum absolute atomic E-state index is 0.0936. The predicted octanol–water partition coefficient (Wildman–Crippen LogP) is 3.02. The van der Waals surface area contributed by atoms with Crippen LogP contribution in [0.3, 0.4) is 0 Å². The second-order valence-corrected chi connectivity index (χ2v) is 8.10. The molecule has 1 aromatic carbocycles. The Morgan fingerprint density at radius 3 is 2.19 bits per heavy atom. The lowest BCUT2D eigenvalue weighted by atomic mass is 9.97. The summed E-state index contributed by atoms with van der Waals surface area (Å²) in [5.74, 6) is 0.312. The standard InChI is InChI=1S/C24H29N3O4/c1-30-24(29)22-5-3-2-4-21(22)23(28)27-14-8-18(9-15-27)26-16-10-20(11-17-26)31-19-6-12-25-13-7-19/h2-7,12-13,18,20H,8-11,14-17H2,1H3. The van der Waals surface area contributed by atoms with Crippen molar-refractivity contribution in [1.82, 2.24) is 14.8 Å². The van der Waals surface area contributed by atoms with Gasteiger partial charge in [-0.15, -0.1) is 0 Å². The molecule has 2 aliphatic heterocycles. The number of benzene rings is 1. The van der Waals surface area contributed by atoms with E-state index in [2.05, 4.69) is 9.88 Å². The van der Waals surface area contributed by atoms with E-state index in [4.69, 9.17) is 9.47 Å². The summed E-state index contributed by atoms with van der Waals surface area (Å²) in [7, 11) is 1.33. The van der Waals surface area contributed by atoms with Gasteiger partial charge >= 0.3 is 5.97 Å². The van der Waals surface area contributed by atoms with Crippen molar-refractivity contribution in [3.05, 3.63) is 59.9 Å². The maximum absolute atomic E-state index is 13.0. The Bertz CT molecular complexity index is 889. The second kappa shape index (κ2) is 9.92. The highest BCUT2D eigenvalue weighted by molar-refractivity contribution is 6.05. The number of nitrogens with zero attached hydrogens (tertiary/aromatic N) is 3. The summed E-state index contributed by atoms with van der Waals surface area (Å²) in [5.41, 5.74) is 0.746. The number of carbonyl (C=O) groups is 2. The Hall–Kier alpha value is -2.93. The van der Waals surface area contributed by atoms with Crippen LogP contribution in [0.5, 0.6) is 5.75 Å². The molecule has 164 valence electrons. The number of piperidine rings is 2. The molecule has 0 spiro atoms. The van der Waals surface area contributed by atoms with Gasteiger partial charge in [0.05, 0.1) is 18.2 Å². The molecule has 0 radical (unpaired) electrons. The molecular formula is C24H29N3O4. The Balaban J connectivity index is 1.28. The molecule has 0 atom stereocenters. The van der Waals surface area contributed by atoms with Crippen molar-refractivity contribution in [2.45, 2.75) is 37.8 Å². The summed E-state index contributed by atoms with van der Waals surface area (Å²) in [6.07, 6.45) is 7.66. The van der Waals surface area contributed by atoms with Gasteiger partial charge in [-0.2, -0.15) is 0 Å². The van der Waals surface area contributed by atoms with Gasteiger partial charge in [0.2, 0.25) is 0 Å². The number of aromatic nitrogens is 1. The van der Waals surface area contributed by atoms with E-state index in [1.165, 1.54) is 7.11 Å². The molecule has 2 aromatic rings. The SMILES string of the molecule is COC(=O)c1ccccc1C(=O)N1CCC(N2CCC(Oc3ccncc3)CC2)CC1. The quantitative estimate of drug-likeness (QED) is 0.689. The van der Waals surface area contributed by atoms with E-state index in [0.29, 0.717) is 30.3 Å². The van der Waals surface area contributed by atoms with Gasteiger partial charge in [0.1, 0.15) is 11.9 Å². The van der Waals surface area contributed by atoms with Crippen LogP contribution in [0.1, 0.15) is 46.4 Å². The maximum atomic E-state index is 13.0. The average Bonchev–Trinajstić information content (AvgIpc) is 2.84. The van der Waals surface area contributed by atoms with Crippen molar-refractivity contribution in [1.29, 1.82) is 0 Å². The normalized spacial score (nSPS) is 18.5. The van der Waals surface area contributed by atoms with Gasteiger partial charge in [0.15, 0.2) is 0 Å². The van der Waals surface area contributed by atoms with Gasteiger partial charge in [-0.05, 0) is 49.9 Å². The van der Waals surface area contributed by atoms with Crippen molar-refractivity contribution < 1.29 is 19.1 Å². The first-order chi connectivity index (χ1) is 15.2. The largest absolute Gasteiger partial charge is 0.490 e. The molecule has 2 aliphatic rings. The van der Waals surface area contributed by atoms with E-state index in [1.54, 1.807) is 36.7 Å². The van der Waals surface area contributed by atoms with E-state index in [-0.39, 0.29) is 12.0 Å². The zero-order valence-electron chi connectivity index (χ0n) is 17.9. The molecule has 0 bridgehead atoms. The molecule has 7 heteroatoms. The number of methoxy groups -OCH3 is 1. The van der Waals surface area contributed by atoms with E-state index in [1.807, 2.05) is 17.0 Å². The summed E-state index contributed by atoms with van der Waals surface area (Å²) < 4.78 is 10.9. The van der Waals surface area contributed by atoms with Crippen LogP contribution in [-0.2, 0) is 4.74 Å². The van der Waals surface area contributed by atoms with Gasteiger partial charge in [-0.1, -0.05) is 12.1 Å². The number of esters is 1. The van der Waals surface area contributed by atoms with Crippen molar-refractivity contribution in [3.63, 3.8) is 0 Å². The highest BCUT2D eigenvalue weighted by Gasteiger charge is 2.31. The zero-order valence-corrected chi connectivity index (χ0v) is 17.9. The number of amides is 1. The lowest BCUT2D eigenvalue weighted by molar-refractivity contribution is 0.0420. The summed E-state index contributed by atoms with van der Waals surface area (Å²) >= 11 is 0. The molecule has 1 amide bonds. The fourth-order valence-electron chi connectivity index (χ4n) is 4.53. The third-order valence-corrected chi connectivity index (χ3v) is 6.26. The van der Waals surface area contributed by atoms with Gasteiger partial charge in [0.25, 0.3) is 5.91 Å². The zero-order chi connectivity index (χ0) is 21.6. The van der Waals surface area contributed by atoms with Crippen LogP contribution in [0.15, 0.2) is 48.8 Å². The van der Waals surface area contributed by atoms with Crippen molar-refractivity contribution in [3.8, 4) is 5.75 Å². The summed E-state index contributed by atoms with van der Waals surface area (Å²) in [5, 5.41) is 0. The van der Waals surface area contributed by atoms with Crippen LogP contribution in [-0.4, -0.2) is 72.1 Å². The molecule has 31 heavy (non-hydrogen) atoms. The van der Waals surface area contributed by atoms with Gasteiger partial charge in [-0.25, -0.2) is 4.79 Å². The third kappa shape index (κ3) is 5.05. The Morgan fingerprint density at radius 2 is 1.55 bits per heavy atom. The number of hydrogen-bond acceptors (Lipinski definition) is 6. The average molecular weight is 424 g/mol. The maximum Gasteiger partial charge on any atom is 0.338 e. The van der Waals surface area contributed by atoms with Crippen molar-refractivity contribution >= 4 is 11.9 Å². The van der Waals surface area contributed by atoms with E-state index in [0.717, 1.165) is 44.5 Å². The van der Waals surface area contributed by atoms with Crippen LogP contribution >= 0.6 is 0 Å². The molecule has 0 saturated carbocycles. The fraction of sp³-hybridized carbons (Fsp3) is 0.458. The van der Waals surface area contributed by atoms with Crippen LogP contribution in [0.4, 0.5) is 0 Å². The number of likely N-dealkylation sites (tertiary alicyclic amines) is 2. The smallest absolute Gasteiger partial charge is 0.338 e. The predicted molar refractivity (Wildman–Crippen MR) is 116 cm³/mol. The minimum atomic E-state index is -0.476. The molecule has 1 aromatic heterocycles. The molecule has 0 aliphatic carbocycles. The highest BCUT2D eigenvalue weighted by Crippen LogP contribution is 2.25. The first-order valence-electron chi connectivity index (χ1n) is 10.9. The fourth-order valence-corrected chi connectivity index (χ4v) is 4.53. The van der Waals surface area contributed by atoms with Crippen molar-refractivity contribution in [2.75, 3.05) is 33.3 Å². The number of hydrogen-bond donors (Lipinski definition) is 0. The number of carbonyl (C=O) groups excluding carboxylic acids is 2. The molecule has 2 saturated heterocycles. The first kappa shape index (κ1) is 21.3. The van der Waals surface area contributed by atoms with E-state index < -0.39 is 5.97 Å². The van der Waals surface area contributed by atoms with Gasteiger partial charge in [0, 0.05) is 44.6 Å². The third-order valence-electron chi connectivity index (χ3n) is 6.26. The van der Waals surface area contributed by atoms with Gasteiger partial charge in [-0.3, -0.25) is 14.7 Å². The molecule has 4 rings (SSSR count). The number of rotatable bonds is 5. The number of ether oxygens (including phenoxy) is 2. The molecule has 0 unspecified atom stereocenters. The lowest BCUT2D eigenvalue weighted by Gasteiger charge is -2.41. The Labute approximate surface area is 183 Å². The van der Waals surface area contributed by atoms with Crippen LogP contribution in [0, 0.1) is 0 Å². The van der Waals surface area contributed by atoms with Crippen LogP contribution < -0.4 is 4.74 Å². The molecule has 7 nitrogen and oxygen atoms in total. The van der Waals surface area contributed by atoms with Gasteiger partial charge < -0.3 is 14.4 Å². The number of pyridine rings is 1. The molecule has 3 heterocycles.